The van der Waals surface area contributed by atoms with E-state index in [1.165, 1.54) is 154 Å². The second-order valence-electron chi connectivity index (χ2n) is 21.6. The highest BCUT2D eigenvalue weighted by molar-refractivity contribution is 5.71. The van der Waals surface area contributed by atoms with Crippen molar-refractivity contribution in [2.75, 3.05) is 13.2 Å². The maximum absolute atomic E-state index is 12.9. The normalized spacial score (nSPS) is 12.7. The van der Waals surface area contributed by atoms with Gasteiger partial charge in [0.15, 0.2) is 6.10 Å². The van der Waals surface area contributed by atoms with Crippen LogP contribution in [0.5, 0.6) is 0 Å². The Bertz CT molecular complexity index is 1510. The molecule has 1 unspecified atom stereocenters. The fraction of sp³-hybridized carbons (Fsp3) is 0.732. The lowest BCUT2D eigenvalue weighted by Gasteiger charge is -2.18. The molecular formula is C71H122O6. The monoisotopic (exact) mass is 1070 g/mol. The summed E-state index contributed by atoms with van der Waals surface area (Å²) < 4.78 is 16.9. The lowest BCUT2D eigenvalue weighted by Crippen LogP contribution is -2.30. The zero-order chi connectivity index (χ0) is 55.7. The highest BCUT2D eigenvalue weighted by Crippen LogP contribution is 2.16. The largest absolute Gasteiger partial charge is 0.462 e. The van der Waals surface area contributed by atoms with Crippen molar-refractivity contribution in [2.45, 2.75) is 322 Å². The van der Waals surface area contributed by atoms with Crippen LogP contribution in [0.2, 0.25) is 0 Å². The fourth-order valence-electron chi connectivity index (χ4n) is 9.18. The zero-order valence-corrected chi connectivity index (χ0v) is 50.7. The smallest absolute Gasteiger partial charge is 0.306 e. The molecule has 0 aliphatic rings. The Morgan fingerprint density at radius 2 is 0.506 bits per heavy atom. The third-order valence-electron chi connectivity index (χ3n) is 14.1. The molecule has 0 aliphatic carbocycles. The van der Waals surface area contributed by atoms with Crippen LogP contribution >= 0.6 is 0 Å². The van der Waals surface area contributed by atoms with E-state index >= 15 is 0 Å². The van der Waals surface area contributed by atoms with Crippen molar-refractivity contribution in [1.82, 2.24) is 0 Å². The summed E-state index contributed by atoms with van der Waals surface area (Å²) in [6, 6.07) is 0. The molecule has 0 N–H and O–H groups in total. The lowest BCUT2D eigenvalue weighted by atomic mass is 10.0. The van der Waals surface area contributed by atoms with Gasteiger partial charge in [0.2, 0.25) is 0 Å². The topological polar surface area (TPSA) is 78.9 Å². The van der Waals surface area contributed by atoms with Crippen LogP contribution in [0.3, 0.4) is 0 Å². The summed E-state index contributed by atoms with van der Waals surface area (Å²) in [4.78, 5) is 38.2. The molecule has 6 nitrogen and oxygen atoms in total. The van der Waals surface area contributed by atoms with Gasteiger partial charge in [-0.1, -0.05) is 291 Å². The summed E-state index contributed by atoms with van der Waals surface area (Å²) in [5, 5.41) is 0. The molecule has 0 bridgehead atoms. The third kappa shape index (κ3) is 63.0. The molecule has 0 aromatic carbocycles. The van der Waals surface area contributed by atoms with Crippen LogP contribution < -0.4 is 0 Å². The molecule has 0 saturated carbocycles. The summed E-state index contributed by atoms with van der Waals surface area (Å²) in [5.41, 5.74) is 0. The summed E-state index contributed by atoms with van der Waals surface area (Å²) in [7, 11) is 0. The van der Waals surface area contributed by atoms with Gasteiger partial charge in [0, 0.05) is 19.3 Å². The number of carbonyl (C=O) groups excluding carboxylic acids is 3. The van der Waals surface area contributed by atoms with Crippen molar-refractivity contribution in [3.05, 3.63) is 97.2 Å². The number of allylic oxidation sites excluding steroid dienone is 16. The average molecular weight is 1070 g/mol. The Balaban J connectivity index is 4.15. The first-order chi connectivity index (χ1) is 38.0. The molecule has 0 rings (SSSR count). The Morgan fingerprint density at radius 1 is 0.273 bits per heavy atom. The first-order valence-corrected chi connectivity index (χ1v) is 32.7. The minimum absolute atomic E-state index is 0.0790. The summed E-state index contributed by atoms with van der Waals surface area (Å²) >= 11 is 0. The van der Waals surface area contributed by atoms with Crippen molar-refractivity contribution >= 4 is 17.9 Å². The summed E-state index contributed by atoms with van der Waals surface area (Å²) in [6.07, 6.45) is 87.1. The van der Waals surface area contributed by atoms with Crippen LogP contribution in [0.4, 0.5) is 0 Å². The van der Waals surface area contributed by atoms with Crippen molar-refractivity contribution in [3.63, 3.8) is 0 Å². The molecule has 0 radical (unpaired) electrons. The zero-order valence-electron chi connectivity index (χ0n) is 50.7. The van der Waals surface area contributed by atoms with Crippen LogP contribution in [0.15, 0.2) is 97.2 Å². The predicted octanol–water partition coefficient (Wildman–Crippen LogP) is 22.4. The molecule has 442 valence electrons. The molecule has 0 aromatic heterocycles. The molecule has 0 aromatic rings. The molecule has 0 saturated heterocycles. The van der Waals surface area contributed by atoms with Crippen LogP contribution in [-0.2, 0) is 28.6 Å². The fourth-order valence-corrected chi connectivity index (χ4v) is 9.18. The Hall–Kier alpha value is -3.67. The van der Waals surface area contributed by atoms with Crippen LogP contribution in [0.1, 0.15) is 316 Å². The number of carbonyl (C=O) groups is 3. The number of unbranched alkanes of at least 4 members (excludes halogenated alkanes) is 32. The van der Waals surface area contributed by atoms with E-state index in [4.69, 9.17) is 14.2 Å². The number of hydrogen-bond acceptors (Lipinski definition) is 6. The highest BCUT2D eigenvalue weighted by Gasteiger charge is 2.19. The van der Waals surface area contributed by atoms with E-state index in [1.54, 1.807) is 0 Å². The quantitative estimate of drug-likeness (QED) is 0.0261. The van der Waals surface area contributed by atoms with Gasteiger partial charge in [-0.3, -0.25) is 14.4 Å². The van der Waals surface area contributed by atoms with E-state index in [0.717, 1.165) is 122 Å². The number of rotatable bonds is 59. The van der Waals surface area contributed by atoms with E-state index in [-0.39, 0.29) is 31.1 Å². The average Bonchev–Trinajstić information content (AvgIpc) is 3.43. The van der Waals surface area contributed by atoms with Gasteiger partial charge in [-0.05, 0) is 103 Å². The van der Waals surface area contributed by atoms with Gasteiger partial charge in [-0.15, -0.1) is 0 Å². The van der Waals surface area contributed by atoms with Gasteiger partial charge >= 0.3 is 17.9 Å². The maximum Gasteiger partial charge on any atom is 0.306 e. The Morgan fingerprint density at radius 3 is 0.818 bits per heavy atom. The number of ether oxygens (including phenoxy) is 3. The molecule has 6 heteroatoms. The molecule has 1 atom stereocenters. The second kappa shape index (κ2) is 64.9. The van der Waals surface area contributed by atoms with Crippen LogP contribution in [0.25, 0.3) is 0 Å². The molecule has 0 spiro atoms. The van der Waals surface area contributed by atoms with Gasteiger partial charge in [-0.25, -0.2) is 0 Å². The summed E-state index contributed by atoms with van der Waals surface area (Å²) in [5.74, 6) is -0.883. The first-order valence-electron chi connectivity index (χ1n) is 32.7. The third-order valence-corrected chi connectivity index (χ3v) is 14.1. The van der Waals surface area contributed by atoms with E-state index in [2.05, 4.69) is 118 Å². The van der Waals surface area contributed by atoms with Crippen LogP contribution in [0, 0.1) is 0 Å². The lowest BCUT2D eigenvalue weighted by molar-refractivity contribution is -0.167. The number of esters is 3. The standard InChI is InChI=1S/C71H122O6/c1-4-7-10-13-16-19-22-24-26-27-28-29-30-31-32-33-34-35-36-37-38-39-40-41-42-43-45-46-49-52-55-58-61-64-70(73)76-67-68(66-75-69(72)63-60-57-54-51-48-21-18-15-12-9-6-3)77-71(74)65-62-59-56-53-50-47-44-25-23-20-17-14-11-8-5-2/h7,10,16-17,19-20,24-26,28-29,31-32,34-35,44,68H,4-6,8-9,11-15,18,21-23,27,30,33,36-43,45-67H2,1-3H3/b10-7-,19-16-,20-17-,26-24-,29-28-,32-31-,35-34-,44-25-. The van der Waals surface area contributed by atoms with Crippen molar-refractivity contribution in [1.29, 1.82) is 0 Å². The molecule has 77 heavy (non-hydrogen) atoms. The van der Waals surface area contributed by atoms with Crippen molar-refractivity contribution < 1.29 is 28.6 Å². The Labute approximate surface area is 477 Å². The van der Waals surface area contributed by atoms with Gasteiger partial charge in [-0.2, -0.15) is 0 Å². The molecule has 0 fully saturated rings. The van der Waals surface area contributed by atoms with Crippen LogP contribution in [-0.4, -0.2) is 37.2 Å². The van der Waals surface area contributed by atoms with E-state index < -0.39 is 6.10 Å². The van der Waals surface area contributed by atoms with E-state index in [9.17, 15) is 14.4 Å². The second-order valence-corrected chi connectivity index (χ2v) is 21.6. The van der Waals surface area contributed by atoms with Gasteiger partial charge < -0.3 is 14.2 Å². The predicted molar refractivity (Wildman–Crippen MR) is 334 cm³/mol. The SMILES string of the molecule is CC/C=C\C/C=C\C/C=C\C/C=C\C/C=C\C/C=C\CCCCCCCCCCCCCCCCC(=O)OCC(COC(=O)CCCCCCCCCCCCC)OC(=O)CCCCCCC/C=C\C/C=C\CCCCC. The maximum atomic E-state index is 12.9. The Kier molecular flexibility index (Phi) is 61.8. The molecular weight excluding hydrogens is 949 g/mol. The molecule has 0 amide bonds. The number of hydrogen-bond donors (Lipinski definition) is 0. The first kappa shape index (κ1) is 73.3. The highest BCUT2D eigenvalue weighted by atomic mass is 16.6. The van der Waals surface area contributed by atoms with Gasteiger partial charge in [0.25, 0.3) is 0 Å². The minimum Gasteiger partial charge on any atom is -0.462 e. The molecule has 0 heterocycles. The summed E-state index contributed by atoms with van der Waals surface area (Å²) in [6.45, 7) is 6.50. The van der Waals surface area contributed by atoms with Gasteiger partial charge in [0.1, 0.15) is 13.2 Å². The minimum atomic E-state index is -0.782. The van der Waals surface area contributed by atoms with Crippen molar-refractivity contribution in [3.8, 4) is 0 Å². The molecule has 0 aliphatic heterocycles. The van der Waals surface area contributed by atoms with E-state index in [0.29, 0.717) is 19.3 Å². The van der Waals surface area contributed by atoms with Gasteiger partial charge in [0.05, 0.1) is 0 Å². The van der Waals surface area contributed by atoms with Crippen molar-refractivity contribution in [2.24, 2.45) is 0 Å². The van der Waals surface area contributed by atoms with E-state index in [1.807, 2.05) is 0 Å².